The molecule has 0 saturated heterocycles. The number of anilines is 1. The van der Waals surface area contributed by atoms with Gasteiger partial charge in [-0.3, -0.25) is 9.36 Å². The van der Waals surface area contributed by atoms with Crippen LogP contribution in [0, 0.1) is 6.92 Å². The molecule has 3 rings (SSSR count). The van der Waals surface area contributed by atoms with Crippen LogP contribution in [0.3, 0.4) is 0 Å². The number of thiophene rings is 1. The number of thioether (sulfide) groups is 1. The van der Waals surface area contributed by atoms with Crippen LogP contribution in [0.4, 0.5) is 5.00 Å². The highest BCUT2D eigenvalue weighted by Gasteiger charge is 2.17. The Bertz CT molecular complexity index is 949. The fourth-order valence-corrected chi connectivity index (χ4v) is 4.04. The largest absolute Gasteiger partial charge is 0.462 e. The summed E-state index contributed by atoms with van der Waals surface area (Å²) >= 11 is 2.63. The number of amides is 1. The van der Waals surface area contributed by atoms with E-state index >= 15 is 0 Å². The van der Waals surface area contributed by atoms with Gasteiger partial charge in [0.05, 0.1) is 23.6 Å². The molecule has 3 aromatic rings. The minimum absolute atomic E-state index is 0.184. The lowest BCUT2D eigenvalue weighted by Crippen LogP contribution is -2.16. The van der Waals surface area contributed by atoms with Crippen molar-refractivity contribution in [2.24, 2.45) is 0 Å². The number of hydrogen-bond acceptors (Lipinski definition) is 6. The summed E-state index contributed by atoms with van der Waals surface area (Å²) in [6, 6.07) is 9.65. The Morgan fingerprint density at radius 1 is 1.30 bits per heavy atom. The molecule has 0 radical (unpaired) electrons. The summed E-state index contributed by atoms with van der Waals surface area (Å²) in [6.45, 7) is 4.07. The lowest BCUT2D eigenvalue weighted by Gasteiger charge is -2.10. The summed E-state index contributed by atoms with van der Waals surface area (Å²) in [5.41, 5.74) is 2.53. The van der Waals surface area contributed by atoms with Crippen LogP contribution in [-0.4, -0.2) is 33.8 Å². The average molecular weight is 402 g/mol. The number of para-hydroxylation sites is 1. The summed E-state index contributed by atoms with van der Waals surface area (Å²) in [5.74, 6) is -0.451. The highest BCUT2D eigenvalue weighted by atomic mass is 32.2. The highest BCUT2D eigenvalue weighted by Crippen LogP contribution is 2.26. The van der Waals surface area contributed by atoms with E-state index in [9.17, 15) is 9.59 Å². The lowest BCUT2D eigenvalue weighted by atomic mass is 10.2. The Morgan fingerprint density at radius 3 is 2.89 bits per heavy atom. The van der Waals surface area contributed by atoms with Crippen molar-refractivity contribution in [1.29, 1.82) is 0 Å². The van der Waals surface area contributed by atoms with Crippen LogP contribution in [0.15, 0.2) is 53.3 Å². The summed E-state index contributed by atoms with van der Waals surface area (Å²) in [7, 11) is 0. The molecule has 0 bridgehead atoms. The van der Waals surface area contributed by atoms with E-state index in [1.54, 1.807) is 24.6 Å². The number of hydrogen-bond donors (Lipinski definition) is 1. The molecule has 27 heavy (non-hydrogen) atoms. The molecule has 2 aromatic heterocycles. The molecule has 6 nitrogen and oxygen atoms in total. The van der Waals surface area contributed by atoms with Crippen LogP contribution < -0.4 is 5.32 Å². The molecule has 8 heteroatoms. The molecule has 0 unspecified atom stereocenters. The van der Waals surface area contributed by atoms with Gasteiger partial charge in [-0.2, -0.15) is 0 Å². The van der Waals surface area contributed by atoms with E-state index < -0.39 is 5.97 Å². The van der Waals surface area contributed by atoms with Gasteiger partial charge in [0.2, 0.25) is 5.91 Å². The van der Waals surface area contributed by atoms with Gasteiger partial charge in [0.1, 0.15) is 5.00 Å². The second-order valence-electron chi connectivity index (χ2n) is 5.59. The molecule has 0 spiro atoms. The van der Waals surface area contributed by atoms with Gasteiger partial charge in [-0.25, -0.2) is 9.78 Å². The standard InChI is InChI=1S/C19H19N3O3S2/c1-3-25-18(24)14-8-11-26-17(14)21-16(23)12-27-19-20-9-10-22(19)15-7-5-4-6-13(15)2/h4-11H,3,12H2,1-2H3,(H,21,23). The highest BCUT2D eigenvalue weighted by molar-refractivity contribution is 7.99. The number of carbonyl (C=O) groups excluding carboxylic acids is 2. The number of imidazole rings is 1. The molecule has 1 aromatic carbocycles. The predicted octanol–water partition coefficient (Wildman–Crippen LogP) is 4.15. The first-order chi connectivity index (χ1) is 13.1. The van der Waals surface area contributed by atoms with Gasteiger partial charge >= 0.3 is 5.97 Å². The number of aryl methyl sites for hydroxylation is 1. The fraction of sp³-hybridized carbons (Fsp3) is 0.211. The third-order valence-corrected chi connectivity index (χ3v) is 5.52. The average Bonchev–Trinajstić information content (AvgIpc) is 3.30. The number of benzene rings is 1. The third-order valence-electron chi connectivity index (χ3n) is 3.73. The molecule has 0 aliphatic rings. The Labute approximate surface area is 165 Å². The molecule has 0 saturated carbocycles. The number of rotatable bonds is 7. The van der Waals surface area contributed by atoms with Gasteiger partial charge in [0, 0.05) is 12.4 Å². The summed E-state index contributed by atoms with van der Waals surface area (Å²) in [5, 5.41) is 5.77. The second-order valence-corrected chi connectivity index (χ2v) is 7.45. The quantitative estimate of drug-likeness (QED) is 0.476. The van der Waals surface area contributed by atoms with Crippen molar-refractivity contribution in [2.75, 3.05) is 17.7 Å². The van der Waals surface area contributed by atoms with Crippen molar-refractivity contribution < 1.29 is 14.3 Å². The third kappa shape index (κ3) is 4.58. The van der Waals surface area contributed by atoms with Crippen molar-refractivity contribution in [1.82, 2.24) is 9.55 Å². The zero-order valence-electron chi connectivity index (χ0n) is 15.0. The van der Waals surface area contributed by atoms with E-state index in [1.165, 1.54) is 23.1 Å². The topological polar surface area (TPSA) is 73.2 Å². The van der Waals surface area contributed by atoms with E-state index in [2.05, 4.69) is 10.3 Å². The van der Waals surface area contributed by atoms with Crippen LogP contribution >= 0.6 is 23.1 Å². The van der Waals surface area contributed by atoms with Gasteiger partial charge < -0.3 is 10.1 Å². The first kappa shape index (κ1) is 19.2. The number of ether oxygens (including phenoxy) is 1. The van der Waals surface area contributed by atoms with Crippen molar-refractivity contribution >= 4 is 40.0 Å². The van der Waals surface area contributed by atoms with E-state index in [4.69, 9.17) is 4.74 Å². The van der Waals surface area contributed by atoms with Gasteiger partial charge in [-0.15, -0.1) is 11.3 Å². The molecular formula is C19H19N3O3S2. The Balaban J connectivity index is 1.65. The van der Waals surface area contributed by atoms with E-state index in [-0.39, 0.29) is 11.7 Å². The number of carbonyl (C=O) groups is 2. The van der Waals surface area contributed by atoms with E-state index in [0.29, 0.717) is 17.2 Å². The van der Waals surface area contributed by atoms with E-state index in [0.717, 1.165) is 16.4 Å². The number of nitrogens with one attached hydrogen (secondary N) is 1. The fourth-order valence-electron chi connectivity index (χ4n) is 2.48. The Morgan fingerprint density at radius 2 is 2.11 bits per heavy atom. The monoisotopic (exact) mass is 401 g/mol. The molecule has 0 fully saturated rings. The van der Waals surface area contributed by atoms with Crippen LogP contribution in [0.25, 0.3) is 5.69 Å². The Kier molecular flexibility index (Phi) is 6.31. The molecule has 1 amide bonds. The van der Waals surface area contributed by atoms with Crippen LogP contribution in [-0.2, 0) is 9.53 Å². The summed E-state index contributed by atoms with van der Waals surface area (Å²) < 4.78 is 6.96. The molecule has 2 heterocycles. The maximum absolute atomic E-state index is 12.3. The summed E-state index contributed by atoms with van der Waals surface area (Å²) in [4.78, 5) is 28.6. The van der Waals surface area contributed by atoms with E-state index in [1.807, 2.05) is 42.0 Å². The van der Waals surface area contributed by atoms with Crippen molar-refractivity contribution in [3.63, 3.8) is 0 Å². The van der Waals surface area contributed by atoms with Gasteiger partial charge in [-0.1, -0.05) is 30.0 Å². The minimum Gasteiger partial charge on any atom is -0.462 e. The molecule has 1 N–H and O–H groups in total. The van der Waals surface area contributed by atoms with Crippen LogP contribution in [0.2, 0.25) is 0 Å². The van der Waals surface area contributed by atoms with Crippen molar-refractivity contribution in [3.05, 3.63) is 59.2 Å². The van der Waals surface area contributed by atoms with Gasteiger partial charge in [0.15, 0.2) is 5.16 Å². The van der Waals surface area contributed by atoms with Gasteiger partial charge in [-0.05, 0) is 36.9 Å². The zero-order chi connectivity index (χ0) is 19.2. The molecular weight excluding hydrogens is 382 g/mol. The molecule has 140 valence electrons. The summed E-state index contributed by atoms with van der Waals surface area (Å²) in [6.07, 6.45) is 3.59. The zero-order valence-corrected chi connectivity index (χ0v) is 16.6. The Hall–Kier alpha value is -2.58. The maximum atomic E-state index is 12.3. The lowest BCUT2D eigenvalue weighted by molar-refractivity contribution is -0.113. The van der Waals surface area contributed by atoms with Crippen molar-refractivity contribution in [3.8, 4) is 5.69 Å². The second kappa shape index (κ2) is 8.88. The SMILES string of the molecule is CCOC(=O)c1ccsc1NC(=O)CSc1nccn1-c1ccccc1C. The number of nitrogens with zero attached hydrogens (tertiary/aromatic N) is 2. The number of aromatic nitrogens is 2. The van der Waals surface area contributed by atoms with Gasteiger partial charge in [0.25, 0.3) is 0 Å². The predicted molar refractivity (Wildman–Crippen MR) is 108 cm³/mol. The van der Waals surface area contributed by atoms with Crippen LogP contribution in [0.5, 0.6) is 0 Å². The minimum atomic E-state index is -0.434. The smallest absolute Gasteiger partial charge is 0.341 e. The van der Waals surface area contributed by atoms with Crippen molar-refractivity contribution in [2.45, 2.75) is 19.0 Å². The molecule has 0 atom stereocenters. The first-order valence-corrected chi connectivity index (χ1v) is 10.2. The molecule has 0 aliphatic heterocycles. The molecule has 0 aliphatic carbocycles. The van der Waals surface area contributed by atoms with Crippen LogP contribution in [0.1, 0.15) is 22.8 Å². The maximum Gasteiger partial charge on any atom is 0.341 e. The first-order valence-electron chi connectivity index (χ1n) is 8.36. The number of esters is 1. The normalized spacial score (nSPS) is 10.6.